The average molecular weight is 247 g/mol. The van der Waals surface area contributed by atoms with Crippen molar-refractivity contribution in [1.82, 2.24) is 4.98 Å². The number of nitrogens with zero attached hydrogens (tertiary/aromatic N) is 2. The van der Waals surface area contributed by atoms with Crippen LogP contribution in [0.3, 0.4) is 0 Å². The minimum Gasteiger partial charge on any atom is -0.497 e. The number of ether oxygens (including phenoxy) is 2. The van der Waals surface area contributed by atoms with Gasteiger partial charge in [0.15, 0.2) is 0 Å². The van der Waals surface area contributed by atoms with Crippen LogP contribution >= 0.6 is 0 Å². The van der Waals surface area contributed by atoms with E-state index >= 15 is 0 Å². The van der Waals surface area contributed by atoms with Crippen LogP contribution < -0.4 is 19.0 Å². The van der Waals surface area contributed by atoms with Crippen LogP contribution in [-0.2, 0) is 0 Å². The second-order valence-electron chi connectivity index (χ2n) is 3.54. The summed E-state index contributed by atoms with van der Waals surface area (Å²) in [5.74, 6) is 1.48. The van der Waals surface area contributed by atoms with Crippen molar-refractivity contribution < 1.29 is 19.0 Å². The molecule has 0 unspecified atom stereocenters. The minimum absolute atomic E-state index is 0.739. The third kappa shape index (κ3) is 2.34. The van der Waals surface area contributed by atoms with Crippen molar-refractivity contribution in [2.24, 2.45) is 0 Å². The fraction of sp³-hybridized carbons (Fsp3) is 0.231. The van der Waals surface area contributed by atoms with E-state index in [1.165, 1.54) is 0 Å². The molecule has 5 nitrogen and oxygen atoms in total. The number of methoxy groups -OCH3 is 2. The summed E-state index contributed by atoms with van der Waals surface area (Å²) in [5.41, 5.74) is 1.53. The van der Waals surface area contributed by atoms with E-state index in [2.05, 4.69) is 4.98 Å². The number of hydrogen-bond acceptors (Lipinski definition) is 4. The number of aromatic nitrogens is 2. The molecule has 2 heterocycles. The molecule has 0 radical (unpaired) electrons. The van der Waals surface area contributed by atoms with Crippen molar-refractivity contribution in [2.45, 2.75) is 0 Å². The van der Waals surface area contributed by atoms with E-state index < -0.39 is 0 Å². The molecule has 0 bridgehead atoms. The Morgan fingerprint density at radius 1 is 1.00 bits per heavy atom. The summed E-state index contributed by atoms with van der Waals surface area (Å²) < 4.78 is 12.0. The van der Waals surface area contributed by atoms with Crippen molar-refractivity contribution in [3.05, 3.63) is 36.7 Å². The first-order valence-corrected chi connectivity index (χ1v) is 5.43. The SMILES string of the molecule is COc1ccnc(-c2cc(OC)cc[n+]2OC)c1. The Hall–Kier alpha value is -2.30. The number of rotatable bonds is 4. The molecule has 2 aromatic rings. The van der Waals surface area contributed by atoms with Gasteiger partial charge in [-0.3, -0.25) is 4.84 Å². The van der Waals surface area contributed by atoms with Gasteiger partial charge in [0.1, 0.15) is 24.3 Å². The largest absolute Gasteiger partial charge is 0.497 e. The van der Waals surface area contributed by atoms with E-state index in [1.54, 1.807) is 44.5 Å². The summed E-state index contributed by atoms with van der Waals surface area (Å²) in [6, 6.07) is 7.30. The van der Waals surface area contributed by atoms with Crippen LogP contribution in [0.15, 0.2) is 36.7 Å². The minimum atomic E-state index is 0.739. The van der Waals surface area contributed by atoms with Gasteiger partial charge in [0.25, 0.3) is 5.69 Å². The van der Waals surface area contributed by atoms with E-state index in [0.29, 0.717) is 0 Å². The predicted molar refractivity (Wildman–Crippen MR) is 65.5 cm³/mol. The van der Waals surface area contributed by atoms with Crippen LogP contribution in [-0.4, -0.2) is 26.3 Å². The van der Waals surface area contributed by atoms with Crippen LogP contribution in [0.2, 0.25) is 0 Å². The van der Waals surface area contributed by atoms with E-state index in [4.69, 9.17) is 14.3 Å². The summed E-state index contributed by atoms with van der Waals surface area (Å²) in [7, 11) is 4.83. The zero-order chi connectivity index (χ0) is 13.0. The molecule has 0 aliphatic carbocycles. The third-order valence-electron chi connectivity index (χ3n) is 2.55. The van der Waals surface area contributed by atoms with E-state index in [1.807, 2.05) is 18.2 Å². The van der Waals surface area contributed by atoms with Crippen molar-refractivity contribution in [2.75, 3.05) is 21.3 Å². The first-order chi connectivity index (χ1) is 8.78. The van der Waals surface area contributed by atoms with Crippen molar-refractivity contribution in [3.8, 4) is 22.9 Å². The molecule has 0 spiro atoms. The monoisotopic (exact) mass is 247 g/mol. The van der Waals surface area contributed by atoms with Gasteiger partial charge in [-0.15, -0.1) is 0 Å². The van der Waals surface area contributed by atoms with Gasteiger partial charge in [-0.1, -0.05) is 0 Å². The lowest BCUT2D eigenvalue weighted by Gasteiger charge is -2.04. The zero-order valence-corrected chi connectivity index (χ0v) is 10.6. The molecule has 18 heavy (non-hydrogen) atoms. The molecule has 94 valence electrons. The molecule has 0 saturated carbocycles. The van der Waals surface area contributed by atoms with Crippen molar-refractivity contribution in [3.63, 3.8) is 0 Å². The number of hydrogen-bond donors (Lipinski definition) is 0. The average Bonchev–Trinajstić information content (AvgIpc) is 2.46. The fourth-order valence-electron chi connectivity index (χ4n) is 1.62. The van der Waals surface area contributed by atoms with Crippen LogP contribution in [0.25, 0.3) is 11.4 Å². The molecule has 2 aromatic heterocycles. The molecule has 0 aliphatic heterocycles. The Kier molecular flexibility index (Phi) is 3.62. The normalized spacial score (nSPS) is 9.94. The highest BCUT2D eigenvalue weighted by Gasteiger charge is 2.17. The van der Waals surface area contributed by atoms with Gasteiger partial charge >= 0.3 is 0 Å². The molecule has 0 aromatic carbocycles. The molecule has 0 fully saturated rings. The molecule has 0 amide bonds. The standard InChI is InChI=1S/C13H15N2O3/c1-16-10-4-6-14-12(8-10)13-9-11(17-2)5-7-15(13)18-3/h4-9H,1-3H3/q+1. The van der Waals surface area contributed by atoms with Crippen molar-refractivity contribution in [1.29, 1.82) is 0 Å². The van der Waals surface area contributed by atoms with Gasteiger partial charge in [-0.25, -0.2) is 4.98 Å². The lowest BCUT2D eigenvalue weighted by atomic mass is 10.2. The maximum atomic E-state index is 5.25. The maximum Gasteiger partial charge on any atom is 0.286 e. The molecule has 0 atom stereocenters. The van der Waals surface area contributed by atoms with Crippen LogP contribution in [0.4, 0.5) is 0 Å². The third-order valence-corrected chi connectivity index (χ3v) is 2.55. The summed E-state index contributed by atoms with van der Waals surface area (Å²) in [4.78, 5) is 9.56. The second-order valence-corrected chi connectivity index (χ2v) is 3.54. The molecular weight excluding hydrogens is 232 g/mol. The highest BCUT2D eigenvalue weighted by atomic mass is 16.6. The second kappa shape index (κ2) is 5.35. The van der Waals surface area contributed by atoms with Gasteiger partial charge < -0.3 is 9.47 Å². The maximum absolute atomic E-state index is 5.25. The first-order valence-electron chi connectivity index (χ1n) is 5.43. The highest BCUT2D eigenvalue weighted by Crippen LogP contribution is 2.21. The molecule has 0 N–H and O–H groups in total. The molecule has 0 saturated heterocycles. The van der Waals surface area contributed by atoms with E-state index in [0.717, 1.165) is 22.9 Å². The van der Waals surface area contributed by atoms with Gasteiger partial charge in [0.2, 0.25) is 6.20 Å². The van der Waals surface area contributed by atoms with Gasteiger partial charge in [-0.05, 0) is 6.07 Å². The lowest BCUT2D eigenvalue weighted by molar-refractivity contribution is -0.877. The highest BCUT2D eigenvalue weighted by molar-refractivity contribution is 5.54. The Morgan fingerprint density at radius 2 is 1.72 bits per heavy atom. The summed E-state index contributed by atoms with van der Waals surface area (Å²) in [6.07, 6.45) is 3.46. The van der Waals surface area contributed by atoms with Gasteiger partial charge in [0, 0.05) is 23.1 Å². The van der Waals surface area contributed by atoms with Crippen molar-refractivity contribution >= 4 is 0 Å². The first kappa shape index (κ1) is 12.2. The summed E-state index contributed by atoms with van der Waals surface area (Å²) in [5, 5.41) is 0. The van der Waals surface area contributed by atoms with Gasteiger partial charge in [-0.2, -0.15) is 0 Å². The Balaban J connectivity index is 2.53. The molecule has 5 heteroatoms. The summed E-state index contributed by atoms with van der Waals surface area (Å²) in [6.45, 7) is 0. The van der Waals surface area contributed by atoms with E-state index in [9.17, 15) is 0 Å². The fourth-order valence-corrected chi connectivity index (χ4v) is 1.62. The Morgan fingerprint density at radius 3 is 2.39 bits per heavy atom. The molecular formula is C13H15N2O3+. The van der Waals surface area contributed by atoms with Crippen LogP contribution in [0.1, 0.15) is 0 Å². The smallest absolute Gasteiger partial charge is 0.286 e. The predicted octanol–water partition coefficient (Wildman–Crippen LogP) is 1.11. The quantitative estimate of drug-likeness (QED) is 0.759. The lowest BCUT2D eigenvalue weighted by Crippen LogP contribution is -2.42. The van der Waals surface area contributed by atoms with E-state index in [-0.39, 0.29) is 0 Å². The number of pyridine rings is 2. The van der Waals surface area contributed by atoms with Crippen LogP contribution in [0, 0.1) is 0 Å². The topological polar surface area (TPSA) is 44.5 Å². The summed E-state index contributed by atoms with van der Waals surface area (Å²) >= 11 is 0. The van der Waals surface area contributed by atoms with Gasteiger partial charge in [0.05, 0.1) is 20.3 Å². The zero-order valence-electron chi connectivity index (χ0n) is 10.6. The molecule has 0 aliphatic rings. The van der Waals surface area contributed by atoms with Crippen LogP contribution in [0.5, 0.6) is 11.5 Å². The Bertz CT molecular complexity index is 544. The Labute approximate surface area is 106 Å². The molecule has 2 rings (SSSR count).